The average Bonchev–Trinajstić information content (AvgIpc) is 3.17. The Hall–Kier alpha value is -1.91. The SMILES string of the molecule is CCn1cc(S(=O)(=O)N2CCN(C(=O)Cn3cc(Cl)c(C)n3)CC2)c(C)n1. The molecule has 0 saturated carbocycles. The summed E-state index contributed by atoms with van der Waals surface area (Å²) in [6.07, 6.45) is 3.18. The number of carbonyl (C=O) groups excluding carboxylic acids is 1. The third kappa shape index (κ3) is 4.02. The van der Waals surface area contributed by atoms with E-state index < -0.39 is 10.0 Å². The van der Waals surface area contributed by atoms with Gasteiger partial charge >= 0.3 is 0 Å². The zero-order chi connectivity index (χ0) is 19.8. The van der Waals surface area contributed by atoms with Crippen LogP contribution in [-0.4, -0.2) is 69.3 Å². The molecule has 0 N–H and O–H groups in total. The Morgan fingerprint density at radius 2 is 1.70 bits per heavy atom. The van der Waals surface area contributed by atoms with Gasteiger partial charge in [0, 0.05) is 45.1 Å². The van der Waals surface area contributed by atoms with Crippen molar-refractivity contribution >= 4 is 27.5 Å². The molecule has 0 unspecified atom stereocenters. The van der Waals surface area contributed by atoms with E-state index in [0.717, 1.165) is 0 Å². The normalized spacial score (nSPS) is 16.1. The molecule has 9 nitrogen and oxygen atoms in total. The second-order valence-corrected chi connectivity index (χ2v) is 8.79. The van der Waals surface area contributed by atoms with Gasteiger partial charge in [-0.1, -0.05) is 11.6 Å². The van der Waals surface area contributed by atoms with Crippen LogP contribution in [0.15, 0.2) is 17.3 Å². The molecule has 2 aromatic rings. The largest absolute Gasteiger partial charge is 0.338 e. The van der Waals surface area contributed by atoms with Gasteiger partial charge < -0.3 is 4.90 Å². The van der Waals surface area contributed by atoms with Crippen molar-refractivity contribution in [1.29, 1.82) is 0 Å². The number of amides is 1. The molecular formula is C16H23ClN6O3S. The number of aryl methyl sites for hydroxylation is 3. The third-order valence-electron chi connectivity index (χ3n) is 4.62. The van der Waals surface area contributed by atoms with Crippen molar-refractivity contribution < 1.29 is 13.2 Å². The van der Waals surface area contributed by atoms with Gasteiger partial charge in [-0.15, -0.1) is 0 Å². The Balaban J connectivity index is 1.63. The molecule has 1 amide bonds. The molecular weight excluding hydrogens is 392 g/mol. The van der Waals surface area contributed by atoms with Crippen LogP contribution in [0.3, 0.4) is 0 Å². The lowest BCUT2D eigenvalue weighted by molar-refractivity contribution is -0.133. The molecule has 11 heteroatoms. The van der Waals surface area contributed by atoms with Gasteiger partial charge in [0.05, 0.1) is 16.4 Å². The summed E-state index contributed by atoms with van der Waals surface area (Å²) in [5, 5.41) is 8.91. The predicted octanol–water partition coefficient (Wildman–Crippen LogP) is 0.903. The van der Waals surface area contributed by atoms with Crippen LogP contribution in [0.2, 0.25) is 5.02 Å². The van der Waals surface area contributed by atoms with Crippen LogP contribution in [0.5, 0.6) is 0 Å². The molecule has 0 atom stereocenters. The topological polar surface area (TPSA) is 93.3 Å². The summed E-state index contributed by atoms with van der Waals surface area (Å²) in [5.74, 6) is -0.110. The van der Waals surface area contributed by atoms with Crippen LogP contribution in [0.4, 0.5) is 0 Å². The number of piperazine rings is 1. The summed E-state index contributed by atoms with van der Waals surface area (Å²) in [4.78, 5) is 14.3. The van der Waals surface area contributed by atoms with Crippen LogP contribution in [0.25, 0.3) is 0 Å². The average molecular weight is 415 g/mol. The first-order chi connectivity index (χ1) is 12.7. The standard InChI is InChI=1S/C16H23ClN6O3S/c1-4-21-10-15(13(3)19-21)27(25,26)23-7-5-20(6-8-23)16(24)11-22-9-14(17)12(2)18-22/h9-10H,4-8,11H2,1-3H3. The highest BCUT2D eigenvalue weighted by Gasteiger charge is 2.32. The van der Waals surface area contributed by atoms with Gasteiger partial charge in [0.25, 0.3) is 0 Å². The molecule has 0 radical (unpaired) electrons. The number of sulfonamides is 1. The van der Waals surface area contributed by atoms with Crippen LogP contribution in [-0.2, 0) is 27.9 Å². The number of hydrogen-bond donors (Lipinski definition) is 0. The Bertz CT molecular complexity index is 924. The van der Waals surface area contributed by atoms with Crippen LogP contribution in [0, 0.1) is 13.8 Å². The number of hydrogen-bond acceptors (Lipinski definition) is 5. The highest BCUT2D eigenvalue weighted by molar-refractivity contribution is 7.89. The summed E-state index contributed by atoms with van der Waals surface area (Å²) in [6, 6.07) is 0. The predicted molar refractivity (Wildman–Crippen MR) is 100.0 cm³/mol. The molecule has 0 aromatic carbocycles. The summed E-state index contributed by atoms with van der Waals surface area (Å²) in [5.41, 5.74) is 1.16. The summed E-state index contributed by atoms with van der Waals surface area (Å²) < 4.78 is 30.3. The fourth-order valence-electron chi connectivity index (χ4n) is 3.04. The summed E-state index contributed by atoms with van der Waals surface area (Å²) in [6.45, 7) is 7.25. The maximum Gasteiger partial charge on any atom is 0.246 e. The van der Waals surface area contributed by atoms with Crippen molar-refractivity contribution in [3.05, 3.63) is 28.8 Å². The van der Waals surface area contributed by atoms with Crippen molar-refractivity contribution in [1.82, 2.24) is 28.8 Å². The first-order valence-corrected chi connectivity index (χ1v) is 10.6. The number of halogens is 1. The zero-order valence-electron chi connectivity index (χ0n) is 15.6. The molecule has 3 rings (SSSR count). The lowest BCUT2D eigenvalue weighted by Gasteiger charge is -2.33. The Labute approximate surface area is 163 Å². The monoisotopic (exact) mass is 414 g/mol. The highest BCUT2D eigenvalue weighted by Crippen LogP contribution is 2.20. The van der Waals surface area contributed by atoms with E-state index in [9.17, 15) is 13.2 Å². The van der Waals surface area contributed by atoms with Gasteiger partial charge in [-0.05, 0) is 20.8 Å². The van der Waals surface area contributed by atoms with E-state index in [2.05, 4.69) is 10.2 Å². The molecule has 0 spiro atoms. The van der Waals surface area contributed by atoms with Crippen molar-refractivity contribution in [3.63, 3.8) is 0 Å². The van der Waals surface area contributed by atoms with E-state index >= 15 is 0 Å². The summed E-state index contributed by atoms with van der Waals surface area (Å²) in [7, 11) is -3.62. The Kier molecular flexibility index (Phi) is 5.59. The molecule has 1 fully saturated rings. The minimum absolute atomic E-state index is 0.0860. The maximum atomic E-state index is 12.9. The first kappa shape index (κ1) is 19.8. The smallest absolute Gasteiger partial charge is 0.246 e. The Morgan fingerprint density at radius 1 is 1.07 bits per heavy atom. The maximum absolute atomic E-state index is 12.9. The molecule has 27 heavy (non-hydrogen) atoms. The fourth-order valence-corrected chi connectivity index (χ4v) is 4.79. The van der Waals surface area contributed by atoms with Crippen molar-refractivity contribution in [2.24, 2.45) is 0 Å². The lowest BCUT2D eigenvalue weighted by atomic mass is 10.3. The molecule has 1 saturated heterocycles. The highest BCUT2D eigenvalue weighted by atomic mass is 35.5. The lowest BCUT2D eigenvalue weighted by Crippen LogP contribution is -2.51. The number of rotatable bonds is 5. The van der Waals surface area contributed by atoms with Gasteiger partial charge in [0.1, 0.15) is 11.4 Å². The number of carbonyl (C=O) groups is 1. The van der Waals surface area contributed by atoms with E-state index in [4.69, 9.17) is 11.6 Å². The van der Waals surface area contributed by atoms with E-state index in [1.165, 1.54) is 8.99 Å². The molecule has 3 heterocycles. The molecule has 0 bridgehead atoms. The van der Waals surface area contributed by atoms with Crippen LogP contribution < -0.4 is 0 Å². The molecule has 1 aliphatic rings. The van der Waals surface area contributed by atoms with Gasteiger partial charge in [-0.2, -0.15) is 14.5 Å². The molecule has 1 aliphatic heterocycles. The van der Waals surface area contributed by atoms with E-state index in [-0.39, 0.29) is 30.4 Å². The quantitative estimate of drug-likeness (QED) is 0.724. The third-order valence-corrected chi connectivity index (χ3v) is 6.99. The minimum atomic E-state index is -3.62. The summed E-state index contributed by atoms with van der Waals surface area (Å²) >= 11 is 5.96. The van der Waals surface area contributed by atoms with Crippen molar-refractivity contribution in [2.45, 2.75) is 38.8 Å². The van der Waals surface area contributed by atoms with E-state index in [0.29, 0.717) is 36.0 Å². The molecule has 2 aromatic heterocycles. The fraction of sp³-hybridized carbons (Fsp3) is 0.562. The second-order valence-electron chi connectivity index (χ2n) is 6.48. The van der Waals surface area contributed by atoms with Gasteiger partial charge in [-0.3, -0.25) is 14.2 Å². The van der Waals surface area contributed by atoms with Gasteiger partial charge in [-0.25, -0.2) is 8.42 Å². The second kappa shape index (κ2) is 7.61. The molecule has 0 aliphatic carbocycles. The Morgan fingerprint density at radius 3 is 2.22 bits per heavy atom. The number of nitrogens with zero attached hydrogens (tertiary/aromatic N) is 6. The zero-order valence-corrected chi connectivity index (χ0v) is 17.2. The van der Waals surface area contributed by atoms with Crippen LogP contribution in [0.1, 0.15) is 18.3 Å². The van der Waals surface area contributed by atoms with E-state index in [1.807, 2.05) is 6.92 Å². The van der Waals surface area contributed by atoms with E-state index in [1.54, 1.807) is 35.8 Å². The first-order valence-electron chi connectivity index (χ1n) is 8.74. The van der Waals surface area contributed by atoms with Crippen LogP contribution >= 0.6 is 11.6 Å². The minimum Gasteiger partial charge on any atom is -0.338 e. The van der Waals surface area contributed by atoms with Gasteiger partial charge in [0.2, 0.25) is 15.9 Å². The van der Waals surface area contributed by atoms with Crippen molar-refractivity contribution in [3.8, 4) is 0 Å². The van der Waals surface area contributed by atoms with Crippen molar-refractivity contribution in [2.75, 3.05) is 26.2 Å². The number of aromatic nitrogens is 4. The molecule has 148 valence electrons. The van der Waals surface area contributed by atoms with Gasteiger partial charge in [0.15, 0.2) is 0 Å².